The molecule has 1 aliphatic heterocycles. The molecule has 2 amide bonds. The summed E-state index contributed by atoms with van der Waals surface area (Å²) in [6.45, 7) is 2.82. The zero-order valence-electron chi connectivity index (χ0n) is 18.4. The fourth-order valence-electron chi connectivity index (χ4n) is 3.18. The Hall–Kier alpha value is -3.11. The van der Waals surface area contributed by atoms with Crippen LogP contribution >= 0.6 is 45.9 Å². The molecule has 3 aromatic rings. The van der Waals surface area contributed by atoms with E-state index < -0.39 is 5.91 Å². The van der Waals surface area contributed by atoms with Crippen LogP contribution in [-0.2, 0) is 0 Å². The van der Waals surface area contributed by atoms with Gasteiger partial charge < -0.3 is 15.7 Å². The molecule has 0 saturated carbocycles. The van der Waals surface area contributed by atoms with Crippen molar-refractivity contribution < 1.29 is 14.7 Å². The highest BCUT2D eigenvalue weighted by Gasteiger charge is 2.17. The molecule has 2 aromatic heterocycles. The minimum atomic E-state index is -0.447. The van der Waals surface area contributed by atoms with Crippen LogP contribution in [0.5, 0.6) is 5.75 Å². The van der Waals surface area contributed by atoms with Gasteiger partial charge in [-0.3, -0.25) is 9.59 Å². The molecule has 4 N–H and O–H groups in total. The number of dihydropyridines is 1. The summed E-state index contributed by atoms with van der Waals surface area (Å²) < 4.78 is 0. The number of aromatic hydroxyl groups is 1. The van der Waals surface area contributed by atoms with Crippen molar-refractivity contribution in [1.82, 2.24) is 16.1 Å². The smallest absolute Gasteiger partial charge is 0.281 e. The Kier molecular flexibility index (Phi) is 7.92. The van der Waals surface area contributed by atoms with Crippen molar-refractivity contribution in [3.8, 4) is 16.2 Å². The molecule has 0 fully saturated rings. The Balaban J connectivity index is 1.39. The molecule has 7 nitrogen and oxygen atoms in total. The number of carbonyl (C=O) groups excluding carboxylic acids is 2. The van der Waals surface area contributed by atoms with E-state index in [-0.39, 0.29) is 11.7 Å². The largest absolute Gasteiger partial charge is 0.506 e. The minimum Gasteiger partial charge on any atom is -0.506 e. The van der Waals surface area contributed by atoms with E-state index in [1.165, 1.54) is 11.3 Å². The highest BCUT2D eigenvalue weighted by Crippen LogP contribution is 2.40. The van der Waals surface area contributed by atoms with Gasteiger partial charge in [0.2, 0.25) is 0 Å². The van der Waals surface area contributed by atoms with Crippen molar-refractivity contribution in [3.05, 3.63) is 85.0 Å². The first-order valence-electron chi connectivity index (χ1n) is 10.4. The molecule has 35 heavy (non-hydrogen) atoms. The number of thiophene rings is 2. The third kappa shape index (κ3) is 5.94. The van der Waals surface area contributed by atoms with Crippen LogP contribution < -0.4 is 16.1 Å². The first-order chi connectivity index (χ1) is 16.8. The Morgan fingerprint density at radius 1 is 1.14 bits per heavy atom. The molecule has 11 heteroatoms. The maximum atomic E-state index is 12.6. The van der Waals surface area contributed by atoms with Gasteiger partial charge >= 0.3 is 0 Å². The van der Waals surface area contributed by atoms with Gasteiger partial charge in [0.05, 0.1) is 36.0 Å². The SMILES string of the molecule is C/C(=N\NC(=O)c1ccc(C(=O)NCC2=CCNC=C2)s1)c1csc(-c2ccc(Cl)c(Cl)c2)c1O. The topological polar surface area (TPSA) is 103 Å². The van der Waals surface area contributed by atoms with Crippen LogP contribution in [0.3, 0.4) is 0 Å². The van der Waals surface area contributed by atoms with Gasteiger partial charge in [-0.05, 0) is 54.6 Å². The molecule has 1 aromatic carbocycles. The second-order valence-electron chi connectivity index (χ2n) is 7.46. The summed E-state index contributed by atoms with van der Waals surface area (Å²) in [5.74, 6) is -0.658. The van der Waals surface area contributed by atoms with Crippen LogP contribution in [0.4, 0.5) is 0 Å². The number of rotatable bonds is 7. The first kappa shape index (κ1) is 25.0. The lowest BCUT2D eigenvalue weighted by atomic mass is 10.1. The fourth-order valence-corrected chi connectivity index (χ4v) is 5.29. The Morgan fingerprint density at radius 3 is 2.63 bits per heavy atom. The summed E-state index contributed by atoms with van der Waals surface area (Å²) in [4.78, 5) is 26.3. The van der Waals surface area contributed by atoms with E-state index in [1.807, 2.05) is 18.4 Å². The van der Waals surface area contributed by atoms with Crippen molar-refractivity contribution in [2.45, 2.75) is 6.92 Å². The van der Waals surface area contributed by atoms with Crippen molar-refractivity contribution in [3.63, 3.8) is 0 Å². The van der Waals surface area contributed by atoms with Gasteiger partial charge in [-0.15, -0.1) is 22.7 Å². The zero-order valence-corrected chi connectivity index (χ0v) is 21.5. The van der Waals surface area contributed by atoms with Gasteiger partial charge in [-0.1, -0.05) is 35.3 Å². The average Bonchev–Trinajstić information content (AvgIpc) is 3.51. The molecule has 3 heterocycles. The first-order valence-corrected chi connectivity index (χ1v) is 12.9. The Morgan fingerprint density at radius 2 is 1.91 bits per heavy atom. The van der Waals surface area contributed by atoms with Crippen molar-refractivity contribution in [1.29, 1.82) is 0 Å². The lowest BCUT2D eigenvalue weighted by molar-refractivity contribution is 0.0953. The van der Waals surface area contributed by atoms with Crippen LogP contribution in [-0.4, -0.2) is 35.7 Å². The second kappa shape index (κ2) is 11.1. The molecule has 0 saturated heterocycles. The molecule has 4 rings (SSSR count). The summed E-state index contributed by atoms with van der Waals surface area (Å²) in [7, 11) is 0. The van der Waals surface area contributed by atoms with E-state index in [0.29, 0.717) is 42.5 Å². The summed E-state index contributed by atoms with van der Waals surface area (Å²) in [6, 6.07) is 8.29. The summed E-state index contributed by atoms with van der Waals surface area (Å²) >= 11 is 14.5. The van der Waals surface area contributed by atoms with E-state index in [9.17, 15) is 14.7 Å². The number of nitrogens with one attached hydrogen (secondary N) is 3. The fraction of sp³-hybridized carbons (Fsp3) is 0.125. The van der Waals surface area contributed by atoms with Gasteiger partial charge in [0.15, 0.2) is 0 Å². The highest BCUT2D eigenvalue weighted by molar-refractivity contribution is 7.16. The summed E-state index contributed by atoms with van der Waals surface area (Å²) in [6.07, 6.45) is 5.73. The quantitative estimate of drug-likeness (QED) is 0.235. The van der Waals surface area contributed by atoms with Crippen molar-refractivity contribution in [2.75, 3.05) is 13.1 Å². The molecule has 0 atom stereocenters. The normalized spacial score (nSPS) is 13.2. The van der Waals surface area contributed by atoms with Crippen LogP contribution in [0.2, 0.25) is 10.0 Å². The summed E-state index contributed by atoms with van der Waals surface area (Å²) in [5, 5.41) is 23.3. The number of hydrogen-bond acceptors (Lipinski definition) is 7. The number of hydrazone groups is 1. The maximum Gasteiger partial charge on any atom is 0.281 e. The number of hydrogen-bond donors (Lipinski definition) is 4. The molecule has 0 unspecified atom stereocenters. The second-order valence-corrected chi connectivity index (χ2v) is 10.2. The van der Waals surface area contributed by atoms with Crippen LogP contribution in [0.1, 0.15) is 31.8 Å². The number of halogens is 2. The molecular formula is C24H20Cl2N4O3S2. The average molecular weight is 547 g/mol. The van der Waals surface area contributed by atoms with Gasteiger partial charge in [-0.25, -0.2) is 5.43 Å². The predicted octanol–water partition coefficient (Wildman–Crippen LogP) is 5.42. The molecular weight excluding hydrogens is 527 g/mol. The van der Waals surface area contributed by atoms with Gasteiger partial charge in [-0.2, -0.15) is 5.10 Å². The zero-order chi connectivity index (χ0) is 24.9. The van der Waals surface area contributed by atoms with Crippen molar-refractivity contribution >= 4 is 63.4 Å². The molecule has 0 radical (unpaired) electrons. The molecule has 180 valence electrons. The van der Waals surface area contributed by atoms with E-state index in [1.54, 1.807) is 42.6 Å². The molecule has 0 spiro atoms. The maximum absolute atomic E-state index is 12.6. The van der Waals surface area contributed by atoms with E-state index in [0.717, 1.165) is 29.0 Å². The Labute approximate surface area is 219 Å². The van der Waals surface area contributed by atoms with Crippen LogP contribution in [0, 0.1) is 0 Å². The number of carbonyl (C=O) groups is 2. The van der Waals surface area contributed by atoms with E-state index in [4.69, 9.17) is 23.2 Å². The van der Waals surface area contributed by atoms with Crippen LogP contribution in [0.15, 0.2) is 64.7 Å². The molecule has 0 bridgehead atoms. The van der Waals surface area contributed by atoms with Crippen LogP contribution in [0.25, 0.3) is 10.4 Å². The number of nitrogens with zero attached hydrogens (tertiary/aromatic N) is 1. The monoisotopic (exact) mass is 546 g/mol. The van der Waals surface area contributed by atoms with Gasteiger partial charge in [0.25, 0.3) is 11.8 Å². The standard InChI is InChI=1S/C24H20Cl2N4O3S2/c1-13(16-12-34-22(21(16)31)15-2-3-17(25)18(26)10-15)29-30-24(33)20-5-4-19(35-20)23(32)28-11-14-6-8-27-9-7-14/h2-8,10,12,27,31H,9,11H2,1H3,(H,28,32)(H,30,33)/b29-13+. The lowest BCUT2D eigenvalue weighted by Gasteiger charge is -2.09. The van der Waals surface area contributed by atoms with Crippen molar-refractivity contribution in [2.24, 2.45) is 5.10 Å². The molecule has 1 aliphatic rings. The number of benzene rings is 1. The van der Waals surface area contributed by atoms with E-state index >= 15 is 0 Å². The van der Waals surface area contributed by atoms with E-state index in [2.05, 4.69) is 21.2 Å². The lowest BCUT2D eigenvalue weighted by Crippen LogP contribution is -2.25. The molecule has 0 aliphatic carbocycles. The summed E-state index contributed by atoms with van der Waals surface area (Å²) in [5.41, 5.74) is 5.13. The third-order valence-electron chi connectivity index (χ3n) is 5.07. The highest BCUT2D eigenvalue weighted by atomic mass is 35.5. The third-order valence-corrected chi connectivity index (χ3v) is 7.91. The predicted molar refractivity (Wildman–Crippen MR) is 143 cm³/mol. The van der Waals surface area contributed by atoms with Gasteiger partial charge in [0.1, 0.15) is 5.75 Å². The Bertz CT molecular complexity index is 1370. The number of amides is 2. The van der Waals surface area contributed by atoms with Gasteiger partial charge in [0, 0.05) is 18.5 Å². The minimum absolute atomic E-state index is 0.0395.